The lowest BCUT2D eigenvalue weighted by molar-refractivity contribution is -0.145. The summed E-state index contributed by atoms with van der Waals surface area (Å²) in [6.07, 6.45) is 0.215. The van der Waals surface area contributed by atoms with E-state index in [1.54, 1.807) is 13.8 Å². The maximum atomic E-state index is 12.6. The molecule has 3 amide bonds. The van der Waals surface area contributed by atoms with Gasteiger partial charge in [0.25, 0.3) is 0 Å². The van der Waals surface area contributed by atoms with Gasteiger partial charge in [-0.3, -0.25) is 14.4 Å². The highest BCUT2D eigenvalue weighted by molar-refractivity contribution is 5.94. The van der Waals surface area contributed by atoms with Crippen molar-refractivity contribution in [1.29, 1.82) is 0 Å². The molecule has 0 radical (unpaired) electrons. The van der Waals surface area contributed by atoms with Gasteiger partial charge in [-0.15, -0.1) is 0 Å². The van der Waals surface area contributed by atoms with Gasteiger partial charge in [-0.1, -0.05) is 34.6 Å². The zero-order valence-electron chi connectivity index (χ0n) is 16.2. The van der Waals surface area contributed by atoms with Crippen LogP contribution in [-0.4, -0.2) is 42.9 Å². The molecule has 4 N–H and O–H groups in total. The van der Waals surface area contributed by atoms with Crippen molar-refractivity contribution < 1.29 is 23.9 Å². The van der Waals surface area contributed by atoms with Crippen LogP contribution in [0.1, 0.15) is 54.4 Å². The molecule has 0 aliphatic heterocycles. The van der Waals surface area contributed by atoms with Crippen molar-refractivity contribution in [2.24, 2.45) is 16.6 Å². The fourth-order valence-electron chi connectivity index (χ4n) is 2.72. The highest BCUT2D eigenvalue weighted by atomic mass is 16.5. The van der Waals surface area contributed by atoms with Crippen LogP contribution in [0.3, 0.4) is 0 Å². The number of methoxy groups -OCH3 is 1. The van der Waals surface area contributed by atoms with Gasteiger partial charge in [-0.25, -0.2) is 4.79 Å². The summed E-state index contributed by atoms with van der Waals surface area (Å²) in [7, 11) is 1.20. The van der Waals surface area contributed by atoms with Gasteiger partial charge in [0.2, 0.25) is 17.7 Å². The Morgan fingerprint density at radius 3 is 1.96 bits per heavy atom. The maximum Gasteiger partial charge on any atom is 0.328 e. The van der Waals surface area contributed by atoms with E-state index < -0.39 is 35.3 Å². The van der Waals surface area contributed by atoms with E-state index in [4.69, 9.17) is 5.73 Å². The predicted molar refractivity (Wildman–Crippen MR) is 93.2 cm³/mol. The Hall–Kier alpha value is -2.12. The lowest BCUT2D eigenvalue weighted by Gasteiger charge is -2.32. The Balaban J connectivity index is 5.16. The number of ether oxygens (including phenoxy) is 1. The summed E-state index contributed by atoms with van der Waals surface area (Å²) < 4.78 is 4.53. The zero-order valence-corrected chi connectivity index (χ0v) is 16.2. The van der Waals surface area contributed by atoms with E-state index in [1.165, 1.54) is 14.0 Å². The van der Waals surface area contributed by atoms with Crippen LogP contribution in [0.5, 0.6) is 0 Å². The molecule has 0 rings (SSSR count). The Bertz CT molecular complexity index is 523. The standard InChI is InChI=1S/C17H31N3O5/c1-10(14(23)25-7)19-13(22)11(8-12(18)21)20-15(24)17(5,6)9-16(2,3)4/h10-11H,8-9H2,1-7H3,(H2,18,21)(H,19,22)(H,20,24)/t10-,11-/m0/s1. The number of primary amides is 1. The predicted octanol–water partition coefficient (Wildman–Crippen LogP) is 0.487. The number of rotatable bonds is 8. The van der Waals surface area contributed by atoms with Gasteiger partial charge in [-0.2, -0.15) is 0 Å². The van der Waals surface area contributed by atoms with E-state index in [1.807, 2.05) is 20.8 Å². The molecule has 0 heterocycles. The molecule has 8 heteroatoms. The van der Waals surface area contributed by atoms with Crippen LogP contribution >= 0.6 is 0 Å². The van der Waals surface area contributed by atoms with Crippen molar-refractivity contribution in [2.75, 3.05) is 7.11 Å². The number of carbonyl (C=O) groups is 4. The van der Waals surface area contributed by atoms with Gasteiger partial charge >= 0.3 is 5.97 Å². The molecule has 0 aromatic rings. The van der Waals surface area contributed by atoms with Crippen molar-refractivity contribution in [3.8, 4) is 0 Å². The molecule has 144 valence electrons. The highest BCUT2D eigenvalue weighted by Crippen LogP contribution is 2.33. The van der Waals surface area contributed by atoms with Crippen LogP contribution < -0.4 is 16.4 Å². The molecule has 0 aromatic heterocycles. The monoisotopic (exact) mass is 357 g/mol. The molecule has 0 saturated carbocycles. The van der Waals surface area contributed by atoms with Crippen LogP contribution in [-0.2, 0) is 23.9 Å². The summed E-state index contributed by atoms with van der Waals surface area (Å²) in [4.78, 5) is 47.6. The van der Waals surface area contributed by atoms with E-state index >= 15 is 0 Å². The fourth-order valence-corrected chi connectivity index (χ4v) is 2.72. The first-order chi connectivity index (χ1) is 11.2. The number of esters is 1. The molecule has 25 heavy (non-hydrogen) atoms. The van der Waals surface area contributed by atoms with E-state index in [0.717, 1.165) is 0 Å². The number of amides is 3. The van der Waals surface area contributed by atoms with Crippen LogP contribution in [0.25, 0.3) is 0 Å². The Labute approximate surface area is 149 Å². The van der Waals surface area contributed by atoms with Crippen molar-refractivity contribution >= 4 is 23.7 Å². The quantitative estimate of drug-likeness (QED) is 0.545. The summed E-state index contributed by atoms with van der Waals surface area (Å²) in [5, 5.41) is 4.97. The number of hydrogen-bond acceptors (Lipinski definition) is 5. The minimum absolute atomic E-state index is 0.0956. The van der Waals surface area contributed by atoms with Gasteiger partial charge in [0, 0.05) is 5.41 Å². The SMILES string of the molecule is COC(=O)[C@H](C)NC(=O)[C@H](CC(N)=O)NC(=O)C(C)(C)CC(C)(C)C. The van der Waals surface area contributed by atoms with Crippen molar-refractivity contribution in [3.63, 3.8) is 0 Å². The molecule has 8 nitrogen and oxygen atoms in total. The second-order valence-electron chi connectivity index (χ2n) is 8.07. The molecular weight excluding hydrogens is 326 g/mol. The molecule has 0 aliphatic rings. The van der Waals surface area contributed by atoms with Crippen LogP contribution in [0.4, 0.5) is 0 Å². The minimum Gasteiger partial charge on any atom is -0.467 e. The van der Waals surface area contributed by atoms with E-state index in [0.29, 0.717) is 6.42 Å². The third-order valence-electron chi connectivity index (χ3n) is 3.53. The highest BCUT2D eigenvalue weighted by Gasteiger charge is 2.35. The normalized spacial score (nSPS) is 14.2. The van der Waals surface area contributed by atoms with Crippen molar-refractivity contribution in [2.45, 2.75) is 66.5 Å². The average molecular weight is 357 g/mol. The van der Waals surface area contributed by atoms with Gasteiger partial charge in [-0.05, 0) is 18.8 Å². The zero-order chi connectivity index (χ0) is 20.0. The van der Waals surface area contributed by atoms with Gasteiger partial charge in [0.05, 0.1) is 13.5 Å². The number of nitrogens with one attached hydrogen (secondary N) is 2. The van der Waals surface area contributed by atoms with Crippen molar-refractivity contribution in [1.82, 2.24) is 10.6 Å². The van der Waals surface area contributed by atoms with E-state index in [2.05, 4.69) is 15.4 Å². The summed E-state index contributed by atoms with van der Waals surface area (Å²) in [6, 6.07) is -2.07. The second-order valence-corrected chi connectivity index (χ2v) is 8.07. The van der Waals surface area contributed by atoms with Gasteiger partial charge in [0.15, 0.2) is 0 Å². The fraction of sp³-hybridized carbons (Fsp3) is 0.765. The Morgan fingerprint density at radius 1 is 1.04 bits per heavy atom. The summed E-state index contributed by atoms with van der Waals surface area (Å²) in [5.74, 6) is -2.41. The number of nitrogens with two attached hydrogens (primary N) is 1. The number of carbonyl (C=O) groups excluding carboxylic acids is 4. The molecular formula is C17H31N3O5. The number of hydrogen-bond donors (Lipinski definition) is 3. The molecule has 0 aliphatic carbocycles. The van der Waals surface area contributed by atoms with E-state index in [9.17, 15) is 19.2 Å². The molecule has 0 spiro atoms. The van der Waals surface area contributed by atoms with Crippen LogP contribution in [0.2, 0.25) is 0 Å². The molecule has 2 atom stereocenters. The Kier molecular flexibility index (Phi) is 8.08. The van der Waals surface area contributed by atoms with E-state index in [-0.39, 0.29) is 17.7 Å². The first-order valence-corrected chi connectivity index (χ1v) is 8.17. The second kappa shape index (κ2) is 8.82. The maximum absolute atomic E-state index is 12.6. The van der Waals surface area contributed by atoms with Crippen molar-refractivity contribution in [3.05, 3.63) is 0 Å². The molecule has 0 unspecified atom stereocenters. The smallest absolute Gasteiger partial charge is 0.328 e. The molecule has 0 fully saturated rings. The minimum atomic E-state index is -1.16. The third kappa shape index (κ3) is 8.51. The van der Waals surface area contributed by atoms with Gasteiger partial charge in [0.1, 0.15) is 12.1 Å². The lowest BCUT2D eigenvalue weighted by Crippen LogP contribution is -2.54. The average Bonchev–Trinajstić information content (AvgIpc) is 2.42. The van der Waals surface area contributed by atoms with Crippen LogP contribution in [0.15, 0.2) is 0 Å². The van der Waals surface area contributed by atoms with Crippen LogP contribution in [0, 0.1) is 10.8 Å². The Morgan fingerprint density at radius 2 is 1.56 bits per heavy atom. The molecule has 0 bridgehead atoms. The molecule has 0 aromatic carbocycles. The first-order valence-electron chi connectivity index (χ1n) is 8.17. The topological polar surface area (TPSA) is 128 Å². The van der Waals surface area contributed by atoms with Gasteiger partial charge < -0.3 is 21.1 Å². The molecule has 0 saturated heterocycles. The summed E-state index contributed by atoms with van der Waals surface area (Å²) >= 11 is 0. The first kappa shape index (κ1) is 22.9. The summed E-state index contributed by atoms with van der Waals surface area (Å²) in [5.41, 5.74) is 4.33. The third-order valence-corrected chi connectivity index (χ3v) is 3.53. The largest absolute Gasteiger partial charge is 0.467 e. The lowest BCUT2D eigenvalue weighted by atomic mass is 9.75. The summed E-state index contributed by atoms with van der Waals surface area (Å²) in [6.45, 7) is 11.0.